The van der Waals surface area contributed by atoms with Crippen LogP contribution in [-0.2, 0) is 4.79 Å². The molecule has 1 aromatic carbocycles. The van der Waals surface area contributed by atoms with Crippen LogP contribution in [0.5, 0.6) is 0 Å². The highest BCUT2D eigenvalue weighted by atomic mass is 35.5. The molecule has 0 aliphatic rings. The van der Waals surface area contributed by atoms with Crippen LogP contribution >= 0.6 is 11.6 Å². The lowest BCUT2D eigenvalue weighted by Crippen LogP contribution is -2.12. The zero-order chi connectivity index (χ0) is 15.9. The lowest BCUT2D eigenvalue weighted by molar-refractivity contribution is -0.116. The number of carbonyl (C=O) groups excluding carboxylic acids is 1. The van der Waals surface area contributed by atoms with Gasteiger partial charge in [0.2, 0.25) is 5.91 Å². The Morgan fingerprint density at radius 2 is 1.91 bits per heavy atom. The van der Waals surface area contributed by atoms with Crippen molar-refractivity contribution < 1.29 is 4.79 Å². The normalized spacial score (nSPS) is 10.3. The molecule has 0 atom stereocenters. The summed E-state index contributed by atoms with van der Waals surface area (Å²) in [5.41, 5.74) is 1.93. The van der Waals surface area contributed by atoms with E-state index >= 15 is 0 Å². The van der Waals surface area contributed by atoms with E-state index in [1.54, 1.807) is 12.1 Å². The van der Waals surface area contributed by atoms with Gasteiger partial charge in [-0.3, -0.25) is 4.79 Å². The largest absolute Gasteiger partial charge is 0.338 e. The molecule has 0 radical (unpaired) electrons. The quantitative estimate of drug-likeness (QED) is 0.832. The van der Waals surface area contributed by atoms with Gasteiger partial charge in [-0.15, -0.1) is 10.2 Å². The van der Waals surface area contributed by atoms with Crippen LogP contribution in [0.3, 0.4) is 0 Å². The number of aromatic nitrogens is 2. The summed E-state index contributed by atoms with van der Waals surface area (Å²) < 4.78 is 0. The first kappa shape index (κ1) is 16.2. The van der Waals surface area contributed by atoms with E-state index in [9.17, 15) is 4.79 Å². The molecule has 0 aliphatic heterocycles. The molecule has 2 rings (SSSR count). The van der Waals surface area contributed by atoms with E-state index in [-0.39, 0.29) is 5.91 Å². The summed E-state index contributed by atoms with van der Waals surface area (Å²) in [6, 6.07) is 9.09. The van der Waals surface area contributed by atoms with Crippen molar-refractivity contribution in [1.82, 2.24) is 10.2 Å². The van der Waals surface area contributed by atoms with Crippen LogP contribution in [-0.4, -0.2) is 16.1 Å². The molecule has 1 amide bonds. The second kappa shape index (κ2) is 7.75. The van der Waals surface area contributed by atoms with Crippen molar-refractivity contribution >= 4 is 34.8 Å². The average molecular weight is 319 g/mol. The summed E-state index contributed by atoms with van der Waals surface area (Å²) in [4.78, 5) is 11.6. The van der Waals surface area contributed by atoms with Gasteiger partial charge in [-0.2, -0.15) is 0 Å². The number of nitrogens with zero attached hydrogens (tertiary/aromatic N) is 2. The lowest BCUT2D eigenvalue weighted by atomic mass is 10.2. The van der Waals surface area contributed by atoms with Gasteiger partial charge >= 0.3 is 0 Å². The van der Waals surface area contributed by atoms with Crippen LogP contribution in [0.1, 0.15) is 31.7 Å². The summed E-state index contributed by atoms with van der Waals surface area (Å²) in [5, 5.41) is 14.6. The molecule has 1 heterocycles. The number of nitrogens with one attached hydrogen (secondary N) is 2. The van der Waals surface area contributed by atoms with E-state index in [4.69, 9.17) is 11.6 Å². The summed E-state index contributed by atoms with van der Waals surface area (Å²) >= 11 is 5.98. The highest BCUT2D eigenvalue weighted by Crippen LogP contribution is 2.23. The highest BCUT2D eigenvalue weighted by Gasteiger charge is 2.05. The third kappa shape index (κ3) is 4.70. The van der Waals surface area contributed by atoms with E-state index in [1.807, 2.05) is 32.0 Å². The molecule has 0 saturated carbocycles. The second-order valence-corrected chi connectivity index (χ2v) is 5.48. The molecular formula is C16H19ClN4O. The zero-order valence-corrected chi connectivity index (χ0v) is 13.4. The minimum Gasteiger partial charge on any atom is -0.338 e. The van der Waals surface area contributed by atoms with Gasteiger partial charge in [0.05, 0.1) is 0 Å². The minimum absolute atomic E-state index is 0.0393. The Morgan fingerprint density at radius 1 is 1.18 bits per heavy atom. The molecule has 0 spiro atoms. The SMILES string of the molecule is CCCCC(=O)Nc1ccc(Nc2cc(Cl)ccc2C)nn1. The van der Waals surface area contributed by atoms with Gasteiger partial charge in [-0.25, -0.2) is 0 Å². The fourth-order valence-electron chi connectivity index (χ4n) is 1.88. The van der Waals surface area contributed by atoms with Gasteiger partial charge in [0.25, 0.3) is 0 Å². The maximum atomic E-state index is 11.6. The van der Waals surface area contributed by atoms with Crippen molar-refractivity contribution in [3.63, 3.8) is 0 Å². The van der Waals surface area contributed by atoms with E-state index in [2.05, 4.69) is 20.8 Å². The highest BCUT2D eigenvalue weighted by molar-refractivity contribution is 6.30. The molecule has 0 fully saturated rings. The summed E-state index contributed by atoms with van der Waals surface area (Å²) in [7, 11) is 0. The second-order valence-electron chi connectivity index (χ2n) is 5.04. The monoisotopic (exact) mass is 318 g/mol. The fraction of sp³-hybridized carbons (Fsp3) is 0.312. The van der Waals surface area contributed by atoms with E-state index in [1.165, 1.54) is 0 Å². The third-order valence-corrected chi connectivity index (χ3v) is 3.39. The van der Waals surface area contributed by atoms with E-state index in [0.717, 1.165) is 24.1 Å². The standard InChI is InChI=1S/C16H19ClN4O/c1-3-4-5-16(22)19-15-9-8-14(20-21-15)18-13-10-12(17)7-6-11(13)2/h6-10H,3-5H2,1-2H3,(H,18,20)(H,19,21,22). The number of benzene rings is 1. The van der Waals surface area contributed by atoms with Gasteiger partial charge in [-0.1, -0.05) is 31.0 Å². The Kier molecular flexibility index (Phi) is 5.72. The Hall–Kier alpha value is -2.14. The van der Waals surface area contributed by atoms with Crippen LogP contribution in [0.25, 0.3) is 0 Å². The lowest BCUT2D eigenvalue weighted by Gasteiger charge is -2.09. The predicted octanol–water partition coefficient (Wildman–Crippen LogP) is 4.31. The van der Waals surface area contributed by atoms with Gasteiger partial charge < -0.3 is 10.6 Å². The number of amides is 1. The zero-order valence-electron chi connectivity index (χ0n) is 12.7. The molecule has 2 N–H and O–H groups in total. The van der Waals surface area contributed by atoms with Crippen molar-refractivity contribution in [2.45, 2.75) is 33.1 Å². The van der Waals surface area contributed by atoms with Gasteiger partial charge in [-0.05, 0) is 43.2 Å². The number of halogens is 1. The first-order valence-corrected chi connectivity index (χ1v) is 7.63. The number of unbranched alkanes of at least 4 members (excludes halogenated alkanes) is 1. The summed E-state index contributed by atoms with van der Waals surface area (Å²) in [6.07, 6.45) is 2.35. The number of anilines is 3. The van der Waals surface area contributed by atoms with Crippen LogP contribution < -0.4 is 10.6 Å². The molecule has 1 aromatic heterocycles. The van der Waals surface area contributed by atoms with Gasteiger partial charge in [0.1, 0.15) is 0 Å². The fourth-order valence-corrected chi connectivity index (χ4v) is 2.05. The first-order valence-electron chi connectivity index (χ1n) is 7.25. The number of hydrogen-bond donors (Lipinski definition) is 2. The third-order valence-electron chi connectivity index (χ3n) is 3.15. The number of carbonyl (C=O) groups is 1. The molecule has 0 aliphatic carbocycles. The minimum atomic E-state index is -0.0393. The van der Waals surface area contributed by atoms with Crippen LogP contribution in [0.4, 0.5) is 17.3 Å². The predicted molar refractivity (Wildman–Crippen MR) is 89.7 cm³/mol. The number of aryl methyl sites for hydroxylation is 1. The van der Waals surface area contributed by atoms with Crippen LogP contribution in [0.15, 0.2) is 30.3 Å². The Balaban J connectivity index is 2.00. The molecule has 5 nitrogen and oxygen atoms in total. The molecule has 0 saturated heterocycles. The average Bonchev–Trinajstić information content (AvgIpc) is 2.51. The molecule has 0 unspecified atom stereocenters. The van der Waals surface area contributed by atoms with Crippen LogP contribution in [0, 0.1) is 6.92 Å². The van der Waals surface area contributed by atoms with Gasteiger partial charge in [0.15, 0.2) is 11.6 Å². The Labute approximate surface area is 135 Å². The topological polar surface area (TPSA) is 66.9 Å². The summed E-state index contributed by atoms with van der Waals surface area (Å²) in [6.45, 7) is 4.03. The molecular weight excluding hydrogens is 300 g/mol. The van der Waals surface area contributed by atoms with Crippen molar-refractivity contribution in [1.29, 1.82) is 0 Å². The Morgan fingerprint density at radius 3 is 2.59 bits per heavy atom. The van der Waals surface area contributed by atoms with Crippen molar-refractivity contribution in [3.05, 3.63) is 40.9 Å². The Bertz CT molecular complexity index is 643. The number of rotatable bonds is 6. The molecule has 0 bridgehead atoms. The maximum Gasteiger partial charge on any atom is 0.225 e. The van der Waals surface area contributed by atoms with E-state index < -0.39 is 0 Å². The number of hydrogen-bond acceptors (Lipinski definition) is 4. The smallest absolute Gasteiger partial charge is 0.225 e. The van der Waals surface area contributed by atoms with Gasteiger partial charge in [0, 0.05) is 17.1 Å². The maximum absolute atomic E-state index is 11.6. The van der Waals surface area contributed by atoms with Crippen molar-refractivity contribution in [2.75, 3.05) is 10.6 Å². The summed E-state index contributed by atoms with van der Waals surface area (Å²) in [5.74, 6) is 1.01. The first-order chi connectivity index (χ1) is 10.6. The van der Waals surface area contributed by atoms with E-state index in [0.29, 0.717) is 23.1 Å². The molecule has 6 heteroatoms. The van der Waals surface area contributed by atoms with Crippen molar-refractivity contribution in [3.8, 4) is 0 Å². The molecule has 22 heavy (non-hydrogen) atoms. The van der Waals surface area contributed by atoms with Crippen molar-refractivity contribution in [2.24, 2.45) is 0 Å². The molecule has 116 valence electrons. The molecule has 2 aromatic rings. The van der Waals surface area contributed by atoms with Crippen LogP contribution in [0.2, 0.25) is 5.02 Å².